The topological polar surface area (TPSA) is 20.3 Å². The summed E-state index contributed by atoms with van der Waals surface area (Å²) >= 11 is 1.75. The standard InChI is InChI=1S/C15H21NOS/c1-12(13-8-9-13)16(2)15(17)10-11-18-14-6-4-3-5-7-14/h3-7,12-13H,8-11H2,1-2H3. The van der Waals surface area contributed by atoms with E-state index in [1.165, 1.54) is 17.7 Å². The Morgan fingerprint density at radius 1 is 1.39 bits per heavy atom. The van der Waals surface area contributed by atoms with E-state index in [1.807, 2.05) is 30.1 Å². The molecule has 1 aromatic rings. The van der Waals surface area contributed by atoms with Crippen molar-refractivity contribution >= 4 is 17.7 Å². The molecular formula is C15H21NOS. The Morgan fingerprint density at radius 3 is 2.67 bits per heavy atom. The minimum atomic E-state index is 0.276. The van der Waals surface area contributed by atoms with Crippen LogP contribution in [0.3, 0.4) is 0 Å². The number of amides is 1. The molecule has 1 amide bonds. The summed E-state index contributed by atoms with van der Waals surface area (Å²) in [6.07, 6.45) is 3.21. The van der Waals surface area contributed by atoms with Crippen LogP contribution in [0, 0.1) is 5.92 Å². The zero-order valence-corrected chi connectivity index (χ0v) is 12.0. The van der Waals surface area contributed by atoms with Crippen molar-refractivity contribution in [3.8, 4) is 0 Å². The number of hydrogen-bond donors (Lipinski definition) is 0. The maximum Gasteiger partial charge on any atom is 0.223 e. The van der Waals surface area contributed by atoms with E-state index in [0.717, 1.165) is 11.7 Å². The molecule has 1 fully saturated rings. The van der Waals surface area contributed by atoms with Gasteiger partial charge in [-0.15, -0.1) is 11.8 Å². The Balaban J connectivity index is 1.71. The summed E-state index contributed by atoms with van der Waals surface area (Å²) in [6.45, 7) is 2.17. The Morgan fingerprint density at radius 2 is 2.06 bits per heavy atom. The molecule has 0 bridgehead atoms. The highest BCUT2D eigenvalue weighted by atomic mass is 32.2. The van der Waals surface area contributed by atoms with Crippen molar-refractivity contribution in [2.75, 3.05) is 12.8 Å². The average molecular weight is 263 g/mol. The van der Waals surface area contributed by atoms with E-state index in [4.69, 9.17) is 0 Å². The van der Waals surface area contributed by atoms with Gasteiger partial charge >= 0.3 is 0 Å². The summed E-state index contributed by atoms with van der Waals surface area (Å²) in [5.41, 5.74) is 0. The second-order valence-electron chi connectivity index (χ2n) is 4.99. The smallest absolute Gasteiger partial charge is 0.223 e. The van der Waals surface area contributed by atoms with Crippen molar-refractivity contribution in [1.82, 2.24) is 4.90 Å². The highest BCUT2D eigenvalue weighted by Gasteiger charge is 2.32. The van der Waals surface area contributed by atoms with Crippen LogP contribution in [0.5, 0.6) is 0 Å². The molecule has 0 aliphatic heterocycles. The molecule has 1 aliphatic carbocycles. The van der Waals surface area contributed by atoms with Gasteiger partial charge in [-0.05, 0) is 37.8 Å². The fourth-order valence-corrected chi connectivity index (χ4v) is 2.93. The van der Waals surface area contributed by atoms with Gasteiger partial charge in [0, 0.05) is 30.2 Å². The van der Waals surface area contributed by atoms with E-state index in [0.29, 0.717) is 12.5 Å². The Labute approximate surface area is 114 Å². The number of carbonyl (C=O) groups is 1. The normalized spacial score (nSPS) is 16.3. The molecule has 1 atom stereocenters. The van der Waals surface area contributed by atoms with Gasteiger partial charge in [0.05, 0.1) is 0 Å². The maximum atomic E-state index is 12.0. The van der Waals surface area contributed by atoms with Crippen LogP contribution in [-0.4, -0.2) is 29.6 Å². The molecule has 0 heterocycles. The van der Waals surface area contributed by atoms with Crippen molar-refractivity contribution in [2.24, 2.45) is 5.92 Å². The fourth-order valence-electron chi connectivity index (χ4n) is 2.07. The fraction of sp³-hybridized carbons (Fsp3) is 0.533. The van der Waals surface area contributed by atoms with Gasteiger partial charge in [-0.2, -0.15) is 0 Å². The molecule has 1 unspecified atom stereocenters. The number of benzene rings is 1. The molecule has 0 spiro atoms. The third-order valence-electron chi connectivity index (χ3n) is 3.64. The molecule has 3 heteroatoms. The molecule has 1 saturated carbocycles. The maximum absolute atomic E-state index is 12.0. The second kappa shape index (κ2) is 6.28. The van der Waals surface area contributed by atoms with Crippen LogP contribution in [0.25, 0.3) is 0 Å². The van der Waals surface area contributed by atoms with Crippen LogP contribution >= 0.6 is 11.8 Å². The number of thioether (sulfide) groups is 1. The summed E-state index contributed by atoms with van der Waals surface area (Å²) in [7, 11) is 1.94. The Kier molecular flexibility index (Phi) is 4.70. The lowest BCUT2D eigenvalue weighted by Crippen LogP contribution is -2.36. The lowest BCUT2D eigenvalue weighted by Gasteiger charge is -2.24. The first-order chi connectivity index (χ1) is 8.68. The van der Waals surface area contributed by atoms with Crippen molar-refractivity contribution in [3.63, 3.8) is 0 Å². The Hall–Kier alpha value is -0.960. The molecule has 0 radical (unpaired) electrons. The molecule has 0 N–H and O–H groups in total. The first-order valence-electron chi connectivity index (χ1n) is 6.62. The predicted molar refractivity (Wildman–Crippen MR) is 76.7 cm³/mol. The van der Waals surface area contributed by atoms with E-state index in [2.05, 4.69) is 19.1 Å². The van der Waals surface area contributed by atoms with Crippen molar-refractivity contribution in [2.45, 2.75) is 37.1 Å². The lowest BCUT2D eigenvalue weighted by atomic mass is 10.2. The monoisotopic (exact) mass is 263 g/mol. The first-order valence-corrected chi connectivity index (χ1v) is 7.60. The number of hydrogen-bond acceptors (Lipinski definition) is 2. The second-order valence-corrected chi connectivity index (χ2v) is 6.16. The van der Waals surface area contributed by atoms with Gasteiger partial charge in [0.2, 0.25) is 5.91 Å². The van der Waals surface area contributed by atoms with Crippen LogP contribution in [0.15, 0.2) is 35.2 Å². The molecule has 2 nitrogen and oxygen atoms in total. The van der Waals surface area contributed by atoms with Gasteiger partial charge < -0.3 is 4.90 Å². The molecule has 1 aromatic carbocycles. The van der Waals surface area contributed by atoms with Gasteiger partial charge in [0.15, 0.2) is 0 Å². The predicted octanol–water partition coefficient (Wildman–Crippen LogP) is 3.43. The highest BCUT2D eigenvalue weighted by Crippen LogP contribution is 2.34. The van der Waals surface area contributed by atoms with Gasteiger partial charge in [-0.1, -0.05) is 18.2 Å². The number of nitrogens with zero attached hydrogens (tertiary/aromatic N) is 1. The third kappa shape index (κ3) is 3.77. The third-order valence-corrected chi connectivity index (χ3v) is 4.65. The molecule has 1 aliphatic rings. The number of carbonyl (C=O) groups excluding carboxylic acids is 1. The van der Waals surface area contributed by atoms with E-state index in [-0.39, 0.29) is 5.91 Å². The minimum Gasteiger partial charge on any atom is -0.343 e. The van der Waals surface area contributed by atoms with Gasteiger partial charge in [0.25, 0.3) is 0 Å². The van der Waals surface area contributed by atoms with Crippen LogP contribution in [0.2, 0.25) is 0 Å². The van der Waals surface area contributed by atoms with Gasteiger partial charge in [-0.3, -0.25) is 4.79 Å². The van der Waals surface area contributed by atoms with Crippen molar-refractivity contribution in [1.29, 1.82) is 0 Å². The quantitative estimate of drug-likeness (QED) is 0.733. The number of rotatable bonds is 6. The zero-order valence-electron chi connectivity index (χ0n) is 11.1. The molecular weight excluding hydrogens is 242 g/mol. The summed E-state index contributed by atoms with van der Waals surface area (Å²) in [5, 5.41) is 0. The summed E-state index contributed by atoms with van der Waals surface area (Å²) in [5.74, 6) is 1.89. The first kappa shape index (κ1) is 13.5. The van der Waals surface area contributed by atoms with Crippen molar-refractivity contribution < 1.29 is 4.79 Å². The van der Waals surface area contributed by atoms with Crippen LogP contribution in [0.4, 0.5) is 0 Å². The largest absolute Gasteiger partial charge is 0.343 e. The van der Waals surface area contributed by atoms with Gasteiger partial charge in [-0.25, -0.2) is 0 Å². The van der Waals surface area contributed by atoms with Crippen LogP contribution in [0.1, 0.15) is 26.2 Å². The molecule has 2 rings (SSSR count). The SMILES string of the molecule is CC(C1CC1)N(C)C(=O)CCSc1ccccc1. The molecule has 0 saturated heterocycles. The molecule has 18 heavy (non-hydrogen) atoms. The summed E-state index contributed by atoms with van der Waals surface area (Å²) < 4.78 is 0. The minimum absolute atomic E-state index is 0.276. The molecule has 98 valence electrons. The van der Waals surface area contributed by atoms with Crippen LogP contribution < -0.4 is 0 Å². The van der Waals surface area contributed by atoms with E-state index in [1.54, 1.807) is 11.8 Å². The highest BCUT2D eigenvalue weighted by molar-refractivity contribution is 7.99. The van der Waals surface area contributed by atoms with Gasteiger partial charge in [0.1, 0.15) is 0 Å². The lowest BCUT2D eigenvalue weighted by molar-refractivity contribution is -0.131. The zero-order chi connectivity index (χ0) is 13.0. The van der Waals surface area contributed by atoms with E-state index < -0.39 is 0 Å². The summed E-state index contributed by atoms with van der Waals surface area (Å²) in [6, 6.07) is 10.7. The summed E-state index contributed by atoms with van der Waals surface area (Å²) in [4.78, 5) is 15.2. The van der Waals surface area contributed by atoms with Crippen molar-refractivity contribution in [3.05, 3.63) is 30.3 Å². The molecule has 0 aromatic heterocycles. The average Bonchev–Trinajstić information content (AvgIpc) is 3.22. The van der Waals surface area contributed by atoms with Crippen LogP contribution in [-0.2, 0) is 4.79 Å². The van der Waals surface area contributed by atoms with E-state index >= 15 is 0 Å². The Bertz CT molecular complexity index is 389. The van der Waals surface area contributed by atoms with E-state index in [9.17, 15) is 4.79 Å².